The Morgan fingerprint density at radius 2 is 2.15 bits per heavy atom. The molecule has 1 aromatic carbocycles. The minimum Gasteiger partial charge on any atom is -0.351 e. The molecule has 1 aliphatic heterocycles. The normalized spacial score (nSPS) is 22.4. The predicted octanol–water partition coefficient (Wildman–Crippen LogP) is 2.29. The molecule has 1 heterocycles. The van der Waals surface area contributed by atoms with E-state index >= 15 is 0 Å². The van der Waals surface area contributed by atoms with Crippen LogP contribution in [0.15, 0.2) is 24.3 Å². The zero-order valence-corrected chi connectivity index (χ0v) is 13.0. The molecule has 2 atom stereocenters. The molecule has 1 aliphatic carbocycles. The van der Waals surface area contributed by atoms with Crippen LogP contribution in [0.3, 0.4) is 0 Å². The number of fused-ring (bicyclic) bond motifs is 1. The maximum atomic E-state index is 12.5. The predicted molar refractivity (Wildman–Crippen MR) is 86.3 cm³/mol. The Kier molecular flexibility index (Phi) is 5.35. The minimum atomic E-state index is -0.0576. The molecule has 5 heteroatoms. The van der Waals surface area contributed by atoms with Gasteiger partial charge in [-0.1, -0.05) is 24.3 Å². The monoisotopic (exact) mass is 312 g/mol. The summed E-state index contributed by atoms with van der Waals surface area (Å²) in [6.07, 6.45) is 3.47. The van der Waals surface area contributed by atoms with E-state index in [1.54, 1.807) is 11.8 Å². The van der Waals surface area contributed by atoms with Gasteiger partial charge in [0.15, 0.2) is 0 Å². The molecule has 0 bridgehead atoms. The first-order valence-corrected chi connectivity index (χ1v) is 8.04. The van der Waals surface area contributed by atoms with Gasteiger partial charge in [0.25, 0.3) is 0 Å². The topological polar surface area (TPSA) is 55.1 Å². The summed E-state index contributed by atoms with van der Waals surface area (Å²) < 4.78 is 0. The minimum absolute atomic E-state index is 0. The smallest absolute Gasteiger partial charge is 0.237 e. The van der Waals surface area contributed by atoms with Crippen LogP contribution in [0.25, 0.3) is 0 Å². The third-order valence-electron chi connectivity index (χ3n) is 4.00. The number of amides is 1. The van der Waals surface area contributed by atoms with E-state index in [-0.39, 0.29) is 29.6 Å². The van der Waals surface area contributed by atoms with Gasteiger partial charge >= 0.3 is 0 Å². The molecule has 110 valence electrons. The van der Waals surface area contributed by atoms with Crippen molar-refractivity contribution in [3.8, 4) is 0 Å². The lowest BCUT2D eigenvalue weighted by molar-refractivity contribution is -0.121. The van der Waals surface area contributed by atoms with Gasteiger partial charge in [0, 0.05) is 12.6 Å². The van der Waals surface area contributed by atoms with Crippen molar-refractivity contribution in [1.82, 2.24) is 5.32 Å². The summed E-state index contributed by atoms with van der Waals surface area (Å²) in [7, 11) is 0. The van der Waals surface area contributed by atoms with Crippen molar-refractivity contribution in [2.75, 3.05) is 12.3 Å². The Morgan fingerprint density at radius 3 is 2.85 bits per heavy atom. The molecule has 2 unspecified atom stereocenters. The molecule has 0 radical (unpaired) electrons. The molecule has 0 spiro atoms. The van der Waals surface area contributed by atoms with Crippen molar-refractivity contribution in [2.45, 2.75) is 30.6 Å². The number of carbonyl (C=O) groups excluding carboxylic acids is 1. The van der Waals surface area contributed by atoms with Crippen LogP contribution < -0.4 is 11.1 Å². The largest absolute Gasteiger partial charge is 0.351 e. The van der Waals surface area contributed by atoms with Crippen LogP contribution in [-0.4, -0.2) is 24.2 Å². The van der Waals surface area contributed by atoms with E-state index in [1.807, 2.05) is 6.07 Å². The average molecular weight is 313 g/mol. The van der Waals surface area contributed by atoms with Gasteiger partial charge in [-0.25, -0.2) is 0 Å². The van der Waals surface area contributed by atoms with E-state index in [1.165, 1.54) is 24.0 Å². The molecule has 2 aliphatic rings. The fourth-order valence-electron chi connectivity index (χ4n) is 2.74. The van der Waals surface area contributed by atoms with Gasteiger partial charge < -0.3 is 11.1 Å². The highest BCUT2D eigenvalue weighted by Crippen LogP contribution is 2.38. The van der Waals surface area contributed by atoms with E-state index in [2.05, 4.69) is 23.5 Å². The first-order valence-electron chi connectivity index (χ1n) is 6.99. The molecular formula is C15H21ClN2OS. The zero-order valence-electron chi connectivity index (χ0n) is 11.4. The van der Waals surface area contributed by atoms with Crippen LogP contribution in [0.5, 0.6) is 0 Å². The Hall–Kier alpha value is -0.710. The van der Waals surface area contributed by atoms with Crippen LogP contribution in [0, 0.1) is 5.92 Å². The Balaban J connectivity index is 0.00000147. The van der Waals surface area contributed by atoms with Gasteiger partial charge in [-0.3, -0.25) is 4.79 Å². The molecule has 3 N–H and O–H groups in total. The van der Waals surface area contributed by atoms with Crippen LogP contribution >= 0.6 is 24.2 Å². The second-order valence-electron chi connectivity index (χ2n) is 5.39. The summed E-state index contributed by atoms with van der Waals surface area (Å²) in [6, 6.07) is 8.46. The lowest BCUT2D eigenvalue weighted by Gasteiger charge is -2.26. The second kappa shape index (κ2) is 6.83. The number of nitrogens with one attached hydrogen (secondary N) is 1. The number of hydrogen-bond donors (Lipinski definition) is 2. The van der Waals surface area contributed by atoms with Gasteiger partial charge in [0.2, 0.25) is 5.91 Å². The Labute approximate surface area is 130 Å². The summed E-state index contributed by atoms with van der Waals surface area (Å²) in [4.78, 5) is 12.5. The number of aryl methyl sites for hydroxylation is 1. The fourth-order valence-corrected chi connectivity index (χ4v) is 3.94. The summed E-state index contributed by atoms with van der Waals surface area (Å²) >= 11 is 1.75. The van der Waals surface area contributed by atoms with Gasteiger partial charge in [0.1, 0.15) is 5.25 Å². The number of thioether (sulfide) groups is 1. The highest BCUT2D eigenvalue weighted by molar-refractivity contribution is 8.00. The number of rotatable bonds is 4. The zero-order chi connectivity index (χ0) is 13.2. The van der Waals surface area contributed by atoms with Gasteiger partial charge in [0.05, 0.1) is 0 Å². The SMILES string of the molecule is Cl.NCC(NC(=O)C1SCCc2ccccc21)C1CC1. The van der Waals surface area contributed by atoms with Crippen molar-refractivity contribution < 1.29 is 4.79 Å². The van der Waals surface area contributed by atoms with Gasteiger partial charge in [-0.15, -0.1) is 24.2 Å². The Bertz CT molecular complexity index is 479. The summed E-state index contributed by atoms with van der Waals surface area (Å²) in [5.74, 6) is 1.77. The molecule has 0 saturated heterocycles. The number of halogens is 1. The molecule has 0 aromatic heterocycles. The molecule has 3 rings (SSSR count). The van der Waals surface area contributed by atoms with Crippen LogP contribution in [0.2, 0.25) is 0 Å². The first-order chi connectivity index (χ1) is 9.29. The number of benzene rings is 1. The van der Waals surface area contributed by atoms with Crippen molar-refractivity contribution >= 4 is 30.1 Å². The fraction of sp³-hybridized carbons (Fsp3) is 0.533. The van der Waals surface area contributed by atoms with Crippen molar-refractivity contribution in [3.05, 3.63) is 35.4 Å². The number of carbonyl (C=O) groups is 1. The maximum Gasteiger partial charge on any atom is 0.237 e. The summed E-state index contributed by atoms with van der Waals surface area (Å²) in [5.41, 5.74) is 8.26. The van der Waals surface area contributed by atoms with Gasteiger partial charge in [-0.05, 0) is 42.1 Å². The quantitative estimate of drug-likeness (QED) is 0.897. The van der Waals surface area contributed by atoms with Crippen molar-refractivity contribution in [1.29, 1.82) is 0 Å². The molecule has 1 saturated carbocycles. The molecule has 20 heavy (non-hydrogen) atoms. The van der Waals surface area contributed by atoms with E-state index in [0.717, 1.165) is 12.2 Å². The van der Waals surface area contributed by atoms with E-state index < -0.39 is 0 Å². The van der Waals surface area contributed by atoms with Gasteiger partial charge in [-0.2, -0.15) is 0 Å². The summed E-state index contributed by atoms with van der Waals surface area (Å²) in [6.45, 7) is 0.551. The molecule has 1 amide bonds. The molecule has 1 fully saturated rings. The van der Waals surface area contributed by atoms with Crippen LogP contribution in [0.4, 0.5) is 0 Å². The molecular weight excluding hydrogens is 292 g/mol. The highest BCUT2D eigenvalue weighted by atomic mass is 35.5. The highest BCUT2D eigenvalue weighted by Gasteiger charge is 2.34. The average Bonchev–Trinajstić information content (AvgIpc) is 3.28. The lowest BCUT2D eigenvalue weighted by Crippen LogP contribution is -2.43. The van der Waals surface area contributed by atoms with E-state index in [4.69, 9.17) is 5.73 Å². The number of nitrogens with two attached hydrogens (primary N) is 1. The third-order valence-corrected chi connectivity index (χ3v) is 5.25. The second-order valence-corrected chi connectivity index (χ2v) is 6.60. The van der Waals surface area contributed by atoms with Crippen molar-refractivity contribution in [2.24, 2.45) is 11.7 Å². The first kappa shape index (κ1) is 15.7. The molecule has 3 nitrogen and oxygen atoms in total. The molecule has 1 aromatic rings. The van der Waals surface area contributed by atoms with E-state index in [0.29, 0.717) is 12.5 Å². The van der Waals surface area contributed by atoms with Crippen LogP contribution in [-0.2, 0) is 11.2 Å². The van der Waals surface area contributed by atoms with E-state index in [9.17, 15) is 4.79 Å². The van der Waals surface area contributed by atoms with Crippen LogP contribution in [0.1, 0.15) is 29.2 Å². The maximum absolute atomic E-state index is 12.5. The lowest BCUT2D eigenvalue weighted by atomic mass is 10.0. The Morgan fingerprint density at radius 1 is 1.40 bits per heavy atom. The summed E-state index contributed by atoms with van der Waals surface area (Å²) in [5, 5.41) is 3.10. The third kappa shape index (κ3) is 3.30. The number of hydrogen-bond acceptors (Lipinski definition) is 3. The standard InChI is InChI=1S/C15H20N2OS.ClH/c16-9-13(11-5-6-11)17-15(18)14-12-4-2-1-3-10(12)7-8-19-14;/h1-4,11,13-14H,5-9,16H2,(H,17,18);1H. The van der Waals surface area contributed by atoms with Crippen molar-refractivity contribution in [3.63, 3.8) is 0 Å².